The lowest BCUT2D eigenvalue weighted by atomic mass is 9.55. The second kappa shape index (κ2) is 19.3. The number of oxime groups is 1. The molecule has 11 heteroatoms. The molecule has 1 aliphatic heterocycles. The summed E-state index contributed by atoms with van der Waals surface area (Å²) in [7, 11) is 3.08. The van der Waals surface area contributed by atoms with Gasteiger partial charge in [0.15, 0.2) is 6.29 Å². The summed E-state index contributed by atoms with van der Waals surface area (Å²) >= 11 is 0. The van der Waals surface area contributed by atoms with Gasteiger partial charge >= 0.3 is 0 Å². The molecular weight excluding hydrogens is 785 g/mol. The van der Waals surface area contributed by atoms with Crippen molar-refractivity contribution in [3.8, 4) is 23.0 Å². The van der Waals surface area contributed by atoms with Crippen LogP contribution in [-0.4, -0.2) is 78.9 Å². The van der Waals surface area contributed by atoms with Crippen molar-refractivity contribution in [2.75, 3.05) is 34.0 Å². The molecule has 1 heterocycles. The number of rotatable bonds is 20. The molecule has 4 aliphatic rings. The minimum Gasteiger partial charge on any atom is -0.496 e. The van der Waals surface area contributed by atoms with E-state index in [1.165, 1.54) is 7.11 Å². The van der Waals surface area contributed by atoms with Crippen molar-refractivity contribution >= 4 is 28.7 Å². The van der Waals surface area contributed by atoms with Crippen molar-refractivity contribution in [2.24, 2.45) is 28.8 Å². The van der Waals surface area contributed by atoms with Gasteiger partial charge in [0.1, 0.15) is 36.1 Å². The maximum atomic E-state index is 15.0. The van der Waals surface area contributed by atoms with Gasteiger partial charge in [-0.3, -0.25) is 9.59 Å². The van der Waals surface area contributed by atoms with Crippen LogP contribution in [0.4, 0.5) is 0 Å². The van der Waals surface area contributed by atoms with E-state index in [-0.39, 0.29) is 49.4 Å². The van der Waals surface area contributed by atoms with Crippen LogP contribution in [0.5, 0.6) is 23.0 Å². The van der Waals surface area contributed by atoms with Gasteiger partial charge in [-0.25, -0.2) is 0 Å². The number of hydrogen-bond acceptors (Lipinski definition) is 10. The van der Waals surface area contributed by atoms with Crippen LogP contribution in [-0.2, 0) is 20.9 Å². The molecule has 0 aromatic heterocycles. The second-order valence-corrected chi connectivity index (χ2v) is 17.0. The van der Waals surface area contributed by atoms with Crippen LogP contribution in [0.3, 0.4) is 0 Å². The predicted molar refractivity (Wildman–Crippen MR) is 238 cm³/mol. The van der Waals surface area contributed by atoms with Crippen molar-refractivity contribution in [3.05, 3.63) is 120 Å². The van der Waals surface area contributed by atoms with Gasteiger partial charge in [-0.2, -0.15) is 0 Å². The van der Waals surface area contributed by atoms with E-state index in [1.807, 2.05) is 41.3 Å². The van der Waals surface area contributed by atoms with Gasteiger partial charge < -0.3 is 38.9 Å². The SMILES string of the molecule is C=CCO[C@@]12Oc3ccc(Oc4ccc(OC)c(C=O)c4)cc3[C@H]3[C@H](CCCCO)[C@@H](CCCCO)C=C(C(=NOC)C[C@@H]1N(Cc1cccc4ccccc14)C(=O)C1CC1)[C@H]32. The van der Waals surface area contributed by atoms with Gasteiger partial charge in [0, 0.05) is 43.6 Å². The molecule has 2 fully saturated rings. The average Bonchev–Trinajstić information content (AvgIpc) is 4.15. The van der Waals surface area contributed by atoms with Crippen LogP contribution < -0.4 is 14.2 Å². The smallest absolute Gasteiger partial charge is 0.239 e. The summed E-state index contributed by atoms with van der Waals surface area (Å²) in [6, 6.07) is 24.9. The number of nitrogens with zero attached hydrogens (tertiary/aromatic N) is 2. The van der Waals surface area contributed by atoms with E-state index in [0.29, 0.717) is 54.4 Å². The Labute approximate surface area is 363 Å². The molecule has 2 N–H and O–H groups in total. The molecule has 8 rings (SSSR count). The van der Waals surface area contributed by atoms with E-state index in [2.05, 4.69) is 36.9 Å². The van der Waals surface area contributed by atoms with Gasteiger partial charge in [-0.1, -0.05) is 72.6 Å². The molecule has 0 unspecified atom stereocenters. The molecular formula is C51H58N2O9. The van der Waals surface area contributed by atoms with E-state index < -0.39 is 17.7 Å². The third kappa shape index (κ3) is 8.50. The van der Waals surface area contributed by atoms with Crippen LogP contribution in [0, 0.1) is 23.7 Å². The lowest BCUT2D eigenvalue weighted by Crippen LogP contribution is -2.70. The van der Waals surface area contributed by atoms with Crippen LogP contribution >= 0.6 is 0 Å². The number of amides is 1. The minimum atomic E-state index is -1.37. The average molecular weight is 843 g/mol. The van der Waals surface area contributed by atoms with E-state index in [9.17, 15) is 19.8 Å². The number of aldehydes is 1. The minimum absolute atomic E-state index is 0.0504. The summed E-state index contributed by atoms with van der Waals surface area (Å²) in [4.78, 5) is 34.6. The number of unbranched alkanes of at least 4 members (excludes halogenated alkanes) is 2. The molecule has 3 aliphatic carbocycles. The molecule has 11 nitrogen and oxygen atoms in total. The molecule has 326 valence electrons. The summed E-state index contributed by atoms with van der Waals surface area (Å²) in [6.45, 7) is 4.78. The highest BCUT2D eigenvalue weighted by molar-refractivity contribution is 6.03. The Morgan fingerprint density at radius 1 is 0.952 bits per heavy atom. The first-order chi connectivity index (χ1) is 30.4. The maximum absolute atomic E-state index is 15.0. The van der Waals surface area contributed by atoms with Crippen LogP contribution in [0.2, 0.25) is 0 Å². The Balaban J connectivity index is 1.33. The molecule has 0 spiro atoms. The zero-order chi connectivity index (χ0) is 43.2. The third-order valence-electron chi connectivity index (χ3n) is 13.2. The van der Waals surface area contributed by atoms with Gasteiger partial charge in [0.05, 0.1) is 30.9 Å². The van der Waals surface area contributed by atoms with Crippen molar-refractivity contribution in [2.45, 2.75) is 82.1 Å². The Hall–Kier alpha value is -5.49. The fourth-order valence-corrected chi connectivity index (χ4v) is 10.3. The standard InChI is InChI=1S/C51H58N2O9/c1-4-26-60-51-47(53(50(57)34-18-19-34)31-36-15-11-14-33-12-5-6-16-40(33)36)30-44(52-59-3)42-28-35(13-7-9-24-54)41(17-8-10-25-55)48(49(42)51)43-29-39(21-23-46(43)62-51)61-38-20-22-45(58-2)37(27-38)32-56/h4-6,11-12,14-16,20-23,27-29,32,34-35,41,47-49,54-55H,1,7-10,13,17-19,24-26,30-31H2,2-3H3/t35-,41+,47-,48+,49+,51+/m0/s1. The number of allylic oxidation sites excluding steroid dienone is 1. The zero-order valence-corrected chi connectivity index (χ0v) is 35.7. The fraction of sp³-hybridized carbons (Fsp3) is 0.431. The number of benzene rings is 4. The molecule has 4 aromatic carbocycles. The van der Waals surface area contributed by atoms with Crippen molar-refractivity contribution in [1.29, 1.82) is 0 Å². The lowest BCUT2D eigenvalue weighted by Gasteiger charge is -2.60. The van der Waals surface area contributed by atoms with Gasteiger partial charge in [-0.05, 0) is 109 Å². The Bertz CT molecular complexity index is 2310. The highest BCUT2D eigenvalue weighted by atomic mass is 16.7. The number of aliphatic hydroxyl groups is 2. The number of ether oxygens (including phenoxy) is 4. The zero-order valence-electron chi connectivity index (χ0n) is 35.7. The Morgan fingerprint density at radius 2 is 1.71 bits per heavy atom. The topological polar surface area (TPSA) is 136 Å². The number of carbonyl (C=O) groups excluding carboxylic acids is 2. The first-order valence-corrected chi connectivity index (χ1v) is 22.1. The number of aliphatic hydroxyl groups excluding tert-OH is 2. The third-order valence-corrected chi connectivity index (χ3v) is 13.2. The number of carbonyl (C=O) groups is 2. The summed E-state index contributed by atoms with van der Waals surface area (Å²) in [6.07, 6.45) is 11.4. The number of fused-ring (bicyclic) bond motifs is 3. The van der Waals surface area contributed by atoms with Crippen molar-refractivity contribution in [3.63, 3.8) is 0 Å². The molecule has 0 radical (unpaired) electrons. The lowest BCUT2D eigenvalue weighted by molar-refractivity contribution is -0.258. The molecule has 0 saturated heterocycles. The van der Waals surface area contributed by atoms with Gasteiger partial charge in [0.25, 0.3) is 0 Å². The normalized spacial score (nSPS) is 24.3. The fourth-order valence-electron chi connectivity index (χ4n) is 10.3. The molecule has 6 atom stereocenters. The highest BCUT2D eigenvalue weighted by Gasteiger charge is 2.66. The summed E-state index contributed by atoms with van der Waals surface area (Å²) < 4.78 is 26.5. The van der Waals surface area contributed by atoms with Gasteiger partial charge in [0.2, 0.25) is 11.7 Å². The highest BCUT2D eigenvalue weighted by Crippen LogP contribution is 2.62. The quantitative estimate of drug-likeness (QED) is 0.0387. The Kier molecular flexibility index (Phi) is 13.4. The molecule has 1 amide bonds. The Morgan fingerprint density at radius 3 is 2.45 bits per heavy atom. The monoisotopic (exact) mass is 842 g/mol. The number of hydrogen-bond donors (Lipinski definition) is 2. The first kappa shape index (κ1) is 43.2. The second-order valence-electron chi connectivity index (χ2n) is 17.0. The van der Waals surface area contributed by atoms with Crippen LogP contribution in [0.25, 0.3) is 10.8 Å². The van der Waals surface area contributed by atoms with E-state index in [0.717, 1.165) is 78.0 Å². The molecule has 0 bridgehead atoms. The van der Waals surface area contributed by atoms with Gasteiger partial charge in [-0.15, -0.1) is 6.58 Å². The van der Waals surface area contributed by atoms with Crippen LogP contribution in [0.1, 0.15) is 85.2 Å². The van der Waals surface area contributed by atoms with E-state index in [1.54, 1.807) is 31.4 Å². The maximum Gasteiger partial charge on any atom is 0.239 e. The molecule has 4 aromatic rings. The van der Waals surface area contributed by atoms with Crippen LogP contribution in [0.15, 0.2) is 108 Å². The van der Waals surface area contributed by atoms with Crippen molar-refractivity contribution in [1.82, 2.24) is 4.90 Å². The molecule has 2 saturated carbocycles. The summed E-state index contributed by atoms with van der Waals surface area (Å²) in [5.74, 6) is 0.197. The largest absolute Gasteiger partial charge is 0.496 e. The van der Waals surface area contributed by atoms with E-state index in [4.69, 9.17) is 28.9 Å². The predicted octanol–water partition coefficient (Wildman–Crippen LogP) is 9.16. The van der Waals surface area contributed by atoms with E-state index >= 15 is 0 Å². The van der Waals surface area contributed by atoms with Crippen molar-refractivity contribution < 1.29 is 43.6 Å². The number of methoxy groups -OCH3 is 1. The summed E-state index contributed by atoms with van der Waals surface area (Å²) in [5, 5.41) is 26.8. The summed E-state index contributed by atoms with van der Waals surface area (Å²) in [5.41, 5.74) is 4.06. The first-order valence-electron chi connectivity index (χ1n) is 22.1. The molecule has 62 heavy (non-hydrogen) atoms.